The average molecular weight is 558 g/mol. The van der Waals surface area contributed by atoms with Crippen molar-refractivity contribution in [3.05, 3.63) is 58.7 Å². The molecule has 2 amide bonds. The monoisotopic (exact) mass is 557 g/mol. The largest absolute Gasteiger partial charge is 0.395 e. The molecule has 1 saturated heterocycles. The molecule has 13 heteroatoms. The number of benzene rings is 1. The van der Waals surface area contributed by atoms with E-state index in [9.17, 15) is 31.5 Å². The van der Waals surface area contributed by atoms with Crippen molar-refractivity contribution < 1.29 is 31.5 Å². The van der Waals surface area contributed by atoms with Gasteiger partial charge in [-0.1, -0.05) is 6.07 Å². The van der Waals surface area contributed by atoms with Gasteiger partial charge in [-0.15, -0.1) is 11.8 Å². The van der Waals surface area contributed by atoms with Crippen molar-refractivity contribution in [2.75, 3.05) is 20.6 Å². The highest BCUT2D eigenvalue weighted by atomic mass is 32.2. The van der Waals surface area contributed by atoms with Crippen LogP contribution in [0.3, 0.4) is 0 Å². The van der Waals surface area contributed by atoms with Crippen LogP contribution in [0.1, 0.15) is 52.5 Å². The Morgan fingerprint density at radius 2 is 1.82 bits per heavy atom. The van der Waals surface area contributed by atoms with Crippen LogP contribution in [0.5, 0.6) is 0 Å². The molecule has 4 rings (SSSR count). The lowest BCUT2D eigenvalue weighted by Gasteiger charge is -2.29. The third-order valence-corrected chi connectivity index (χ3v) is 9.32. The maximum absolute atomic E-state index is 14.5. The van der Waals surface area contributed by atoms with Gasteiger partial charge in [0.15, 0.2) is 11.6 Å². The summed E-state index contributed by atoms with van der Waals surface area (Å²) in [6.45, 7) is 1.71. The molecule has 3 atom stereocenters. The van der Waals surface area contributed by atoms with Crippen molar-refractivity contribution in [2.45, 2.75) is 54.8 Å². The Morgan fingerprint density at radius 1 is 1.18 bits per heavy atom. The van der Waals surface area contributed by atoms with Gasteiger partial charge in [0.2, 0.25) is 5.91 Å². The summed E-state index contributed by atoms with van der Waals surface area (Å²) in [6, 6.07) is 2.43. The summed E-state index contributed by atoms with van der Waals surface area (Å²) in [7, 11) is 3.53. The Morgan fingerprint density at radius 3 is 2.34 bits per heavy atom. The number of rotatable bonds is 10. The minimum Gasteiger partial charge on any atom is -0.366 e. The lowest BCUT2D eigenvalue weighted by Crippen LogP contribution is -2.45. The Kier molecular flexibility index (Phi) is 7.47. The van der Waals surface area contributed by atoms with E-state index in [1.165, 1.54) is 30.2 Å². The number of amides is 2. The number of primary amides is 1. The van der Waals surface area contributed by atoms with Crippen LogP contribution in [-0.2, 0) is 11.2 Å². The van der Waals surface area contributed by atoms with E-state index in [4.69, 9.17) is 5.73 Å². The number of alkyl halides is 3. The van der Waals surface area contributed by atoms with E-state index in [0.29, 0.717) is 5.82 Å². The summed E-state index contributed by atoms with van der Waals surface area (Å²) in [4.78, 5) is 33.4. The molecule has 1 aromatic heterocycles. The number of hydrogen-bond acceptors (Lipinski definition) is 6. The molecule has 7 nitrogen and oxygen atoms in total. The lowest BCUT2D eigenvalue weighted by atomic mass is 9.81. The normalized spacial score (nSPS) is 22.7. The number of thioether (sulfide) groups is 1. The van der Waals surface area contributed by atoms with Crippen molar-refractivity contribution >= 4 is 23.6 Å². The van der Waals surface area contributed by atoms with Gasteiger partial charge in [0.05, 0.1) is 15.8 Å². The molecule has 1 saturated carbocycles. The topological polar surface area (TPSA) is 101 Å². The van der Waals surface area contributed by atoms with Gasteiger partial charge in [-0.2, -0.15) is 13.2 Å². The van der Waals surface area contributed by atoms with Crippen molar-refractivity contribution in [2.24, 2.45) is 11.1 Å². The standard InChI is InChI=1S/C25H28F5N5O2S/c1-13-32-10-15(11-33-13)17(23(6-7-23)25(28,29)30)9-19(36)34-12-24(35(2)3)18(38-24)8-14-4-5-16(22(31)37)21(27)20(14)26/h4-5,10-11,17-18H,6-9,12H2,1-3H3,(H2,31,37)(H,34,36)/t17-,18?,24-/m1/s1. The van der Waals surface area contributed by atoms with Gasteiger partial charge in [-0.3, -0.25) is 14.5 Å². The van der Waals surface area contributed by atoms with Crippen molar-refractivity contribution in [1.82, 2.24) is 20.2 Å². The number of carbonyl (C=O) groups is 2. The number of nitrogens with zero attached hydrogens (tertiary/aromatic N) is 3. The fourth-order valence-corrected chi connectivity index (χ4v) is 6.35. The second-order valence-corrected chi connectivity index (χ2v) is 11.6. The van der Waals surface area contributed by atoms with Crippen LogP contribution < -0.4 is 11.1 Å². The minimum atomic E-state index is -4.48. The van der Waals surface area contributed by atoms with E-state index in [2.05, 4.69) is 15.3 Å². The number of nitrogens with two attached hydrogens (primary N) is 1. The molecule has 2 aliphatic rings. The molecule has 1 aliphatic heterocycles. The zero-order valence-electron chi connectivity index (χ0n) is 21.0. The van der Waals surface area contributed by atoms with Gasteiger partial charge in [0.25, 0.3) is 5.91 Å². The number of aromatic nitrogens is 2. The third kappa shape index (κ3) is 5.22. The zero-order valence-corrected chi connectivity index (χ0v) is 21.8. The highest BCUT2D eigenvalue weighted by Gasteiger charge is 2.67. The molecular formula is C25H28F5N5O2S. The van der Waals surface area contributed by atoms with Crippen LogP contribution in [0.25, 0.3) is 0 Å². The number of nitrogens with one attached hydrogen (secondary N) is 1. The summed E-state index contributed by atoms with van der Waals surface area (Å²) < 4.78 is 70.7. The second-order valence-electron chi connectivity index (χ2n) is 10.1. The van der Waals surface area contributed by atoms with Crippen LogP contribution in [0, 0.1) is 24.0 Å². The fourth-order valence-electron chi connectivity index (χ4n) is 4.92. The molecule has 0 radical (unpaired) electrons. The van der Waals surface area contributed by atoms with E-state index in [-0.39, 0.29) is 48.6 Å². The first-order valence-electron chi connectivity index (χ1n) is 12.0. The Hall–Kier alpha value is -2.80. The molecular weight excluding hydrogens is 529 g/mol. The summed E-state index contributed by atoms with van der Waals surface area (Å²) in [5.74, 6) is -4.81. The van der Waals surface area contributed by atoms with Gasteiger partial charge in [0, 0.05) is 36.5 Å². The molecule has 1 unspecified atom stereocenters. The summed E-state index contributed by atoms with van der Waals surface area (Å²) in [5, 5.41) is 2.52. The summed E-state index contributed by atoms with van der Waals surface area (Å²) in [6.07, 6.45) is -2.21. The molecule has 1 aromatic carbocycles. The van der Waals surface area contributed by atoms with Crippen molar-refractivity contribution in [3.8, 4) is 0 Å². The van der Waals surface area contributed by atoms with Gasteiger partial charge in [-0.05, 0) is 57.5 Å². The van der Waals surface area contributed by atoms with E-state index in [1.54, 1.807) is 21.0 Å². The SMILES string of the molecule is Cc1ncc([C@@H](CC(=O)NC[C@@]2(N(C)C)SC2Cc2ccc(C(N)=O)c(F)c2F)C2(C(F)(F)F)CC2)cn1. The first-order chi connectivity index (χ1) is 17.7. The van der Waals surface area contributed by atoms with Crippen LogP contribution >= 0.6 is 11.8 Å². The number of carbonyl (C=O) groups excluding carboxylic acids is 2. The predicted molar refractivity (Wildman–Crippen MR) is 131 cm³/mol. The molecule has 0 spiro atoms. The van der Waals surface area contributed by atoms with E-state index >= 15 is 0 Å². The quantitative estimate of drug-likeness (QED) is 0.341. The van der Waals surface area contributed by atoms with E-state index in [1.807, 2.05) is 4.90 Å². The van der Waals surface area contributed by atoms with Gasteiger partial charge >= 0.3 is 6.18 Å². The number of likely N-dealkylation sites (N-methyl/N-ethyl adjacent to an activating group) is 1. The number of aryl methyl sites for hydroxylation is 1. The molecule has 38 heavy (non-hydrogen) atoms. The molecule has 2 fully saturated rings. The van der Waals surface area contributed by atoms with Crippen molar-refractivity contribution in [1.29, 1.82) is 0 Å². The first kappa shape index (κ1) is 28.2. The molecule has 2 aromatic rings. The Balaban J connectivity index is 1.45. The lowest BCUT2D eigenvalue weighted by molar-refractivity contribution is -0.194. The van der Waals surface area contributed by atoms with Crippen molar-refractivity contribution in [3.63, 3.8) is 0 Å². The van der Waals surface area contributed by atoms with E-state index in [0.717, 1.165) is 6.07 Å². The second kappa shape index (κ2) is 10.1. The van der Waals surface area contributed by atoms with Crippen LogP contribution in [0.2, 0.25) is 0 Å². The number of hydrogen-bond donors (Lipinski definition) is 2. The zero-order chi connectivity index (χ0) is 28.0. The Bertz CT molecular complexity index is 1240. The molecule has 0 bridgehead atoms. The smallest absolute Gasteiger partial charge is 0.366 e. The maximum Gasteiger partial charge on any atom is 0.395 e. The minimum absolute atomic E-state index is 0.0559. The highest BCUT2D eigenvalue weighted by Crippen LogP contribution is 2.66. The fraction of sp³-hybridized carbons (Fsp3) is 0.520. The van der Waals surface area contributed by atoms with E-state index < -0.39 is 51.4 Å². The summed E-state index contributed by atoms with van der Waals surface area (Å²) >= 11 is 1.42. The maximum atomic E-state index is 14.5. The van der Waals surface area contributed by atoms with Gasteiger partial charge in [-0.25, -0.2) is 18.7 Å². The first-order valence-corrected chi connectivity index (χ1v) is 12.8. The van der Waals surface area contributed by atoms with Gasteiger partial charge in [0.1, 0.15) is 5.82 Å². The molecule has 206 valence electrons. The van der Waals surface area contributed by atoms with Crippen LogP contribution in [0.4, 0.5) is 22.0 Å². The average Bonchev–Trinajstić information content (AvgIpc) is 3.75. The van der Waals surface area contributed by atoms with Crippen LogP contribution in [-0.4, -0.2) is 63.6 Å². The molecule has 2 heterocycles. The third-order valence-electron chi connectivity index (χ3n) is 7.53. The van der Waals surface area contributed by atoms with Crippen LogP contribution in [0.15, 0.2) is 24.5 Å². The summed E-state index contributed by atoms with van der Waals surface area (Å²) in [5.41, 5.74) is 2.85. The highest BCUT2D eigenvalue weighted by molar-refractivity contribution is 8.08. The predicted octanol–water partition coefficient (Wildman–Crippen LogP) is 3.71. The molecule has 3 N–H and O–H groups in total. The molecule has 1 aliphatic carbocycles. The number of halogens is 5. The van der Waals surface area contributed by atoms with Gasteiger partial charge < -0.3 is 11.1 Å². The Labute approximate surface area is 220 Å².